The lowest BCUT2D eigenvalue weighted by molar-refractivity contribution is -0.112. The van der Waals surface area contributed by atoms with E-state index in [0.717, 1.165) is 6.08 Å². The number of nitrogens with zero attached hydrogens (tertiary/aromatic N) is 3. The Morgan fingerprint density at radius 2 is 1.70 bits per heavy atom. The molecule has 2 heterocycles. The molecule has 1 amide bonds. The maximum absolute atomic E-state index is 13.2. The average Bonchev–Trinajstić information content (AvgIpc) is 2.82. The number of aromatic nitrogens is 2. The number of fused-ring (bicyclic) bond motifs is 1. The van der Waals surface area contributed by atoms with Gasteiger partial charge in [0.25, 0.3) is 11.5 Å². The fourth-order valence-corrected chi connectivity index (χ4v) is 3.17. The van der Waals surface area contributed by atoms with Crippen molar-refractivity contribution in [2.75, 3.05) is 5.32 Å². The van der Waals surface area contributed by atoms with Crippen molar-refractivity contribution in [3.63, 3.8) is 0 Å². The molecule has 4 aromatic rings. The number of nitriles is 1. The quantitative estimate of drug-likeness (QED) is 0.309. The summed E-state index contributed by atoms with van der Waals surface area (Å²) in [5.41, 5.74) is -0.0852. The third kappa shape index (κ3) is 5.04. The molecule has 2 aromatic heterocycles. The highest BCUT2D eigenvalue weighted by Gasteiger charge is 2.17. The topological polar surface area (TPSA) is 96.5 Å². The second-order valence-electron chi connectivity index (χ2n) is 6.75. The molecule has 0 radical (unpaired) electrons. The second-order valence-corrected chi connectivity index (χ2v) is 7.62. The monoisotopic (exact) mass is 476 g/mol. The molecular formula is C24H14Cl2N4O3. The van der Waals surface area contributed by atoms with Gasteiger partial charge in [-0.15, -0.1) is 0 Å². The molecule has 0 atom stereocenters. The zero-order valence-electron chi connectivity index (χ0n) is 16.8. The fourth-order valence-electron chi connectivity index (χ4n) is 2.92. The Bertz CT molecular complexity index is 1470. The summed E-state index contributed by atoms with van der Waals surface area (Å²) in [6.45, 7) is 0. The van der Waals surface area contributed by atoms with Gasteiger partial charge in [0.15, 0.2) is 0 Å². The Morgan fingerprint density at radius 3 is 2.36 bits per heavy atom. The van der Waals surface area contributed by atoms with Crippen LogP contribution >= 0.6 is 23.2 Å². The standard InChI is InChI=1S/C24H14Cl2N4O3/c25-16-4-8-18(9-5-16)28-22(31)15(14-27)13-20-23(33-19-10-6-17(26)7-11-19)29-21-3-1-2-12-30(21)24(20)32/h1-13H,(H,28,31)/b15-13-. The van der Waals surface area contributed by atoms with Crippen molar-refractivity contribution in [2.45, 2.75) is 0 Å². The van der Waals surface area contributed by atoms with Crippen LogP contribution in [0.4, 0.5) is 5.69 Å². The third-order valence-corrected chi connectivity index (χ3v) is 5.02. The molecule has 162 valence electrons. The Hall–Kier alpha value is -4.12. The molecule has 0 saturated carbocycles. The third-order valence-electron chi connectivity index (χ3n) is 4.52. The number of ether oxygens (including phenoxy) is 1. The van der Waals surface area contributed by atoms with Gasteiger partial charge in [-0.2, -0.15) is 10.2 Å². The van der Waals surface area contributed by atoms with Crippen molar-refractivity contribution < 1.29 is 9.53 Å². The lowest BCUT2D eigenvalue weighted by Gasteiger charge is -2.10. The van der Waals surface area contributed by atoms with Gasteiger partial charge in [0.2, 0.25) is 5.88 Å². The number of nitrogens with one attached hydrogen (secondary N) is 1. The zero-order chi connectivity index (χ0) is 23.4. The van der Waals surface area contributed by atoms with E-state index in [9.17, 15) is 14.9 Å². The Kier molecular flexibility index (Phi) is 6.41. The number of rotatable bonds is 5. The van der Waals surface area contributed by atoms with Crippen molar-refractivity contribution in [1.29, 1.82) is 5.26 Å². The lowest BCUT2D eigenvalue weighted by atomic mass is 10.1. The van der Waals surface area contributed by atoms with Gasteiger partial charge in [-0.05, 0) is 66.7 Å². The number of hydrogen-bond donors (Lipinski definition) is 1. The predicted octanol–water partition coefficient (Wildman–Crippen LogP) is 5.34. The second kappa shape index (κ2) is 9.57. The van der Waals surface area contributed by atoms with Crippen LogP contribution in [-0.4, -0.2) is 15.3 Å². The molecule has 9 heteroatoms. The van der Waals surface area contributed by atoms with Crippen LogP contribution in [0.25, 0.3) is 11.7 Å². The number of anilines is 1. The predicted molar refractivity (Wildman–Crippen MR) is 127 cm³/mol. The summed E-state index contributed by atoms with van der Waals surface area (Å²) < 4.78 is 7.12. The lowest BCUT2D eigenvalue weighted by Crippen LogP contribution is -2.20. The van der Waals surface area contributed by atoms with Crippen LogP contribution in [0.3, 0.4) is 0 Å². The van der Waals surface area contributed by atoms with Crippen molar-refractivity contribution >= 4 is 46.5 Å². The molecule has 0 aliphatic heterocycles. The van der Waals surface area contributed by atoms with Crippen molar-refractivity contribution in [2.24, 2.45) is 0 Å². The molecule has 0 bridgehead atoms. The van der Waals surface area contributed by atoms with Gasteiger partial charge in [-0.25, -0.2) is 0 Å². The number of pyridine rings is 1. The molecule has 33 heavy (non-hydrogen) atoms. The highest BCUT2D eigenvalue weighted by Crippen LogP contribution is 2.25. The van der Waals surface area contributed by atoms with Crippen LogP contribution in [0.2, 0.25) is 10.0 Å². The van der Waals surface area contributed by atoms with Gasteiger partial charge in [-0.1, -0.05) is 29.3 Å². The molecule has 0 aliphatic carbocycles. The number of hydrogen-bond acceptors (Lipinski definition) is 5. The first-order chi connectivity index (χ1) is 15.9. The molecule has 0 fully saturated rings. The van der Waals surface area contributed by atoms with E-state index in [-0.39, 0.29) is 17.0 Å². The van der Waals surface area contributed by atoms with Gasteiger partial charge < -0.3 is 10.1 Å². The molecule has 1 N–H and O–H groups in total. The number of halogens is 2. The summed E-state index contributed by atoms with van der Waals surface area (Å²) in [6, 6.07) is 19.7. The Balaban J connectivity index is 1.78. The Morgan fingerprint density at radius 1 is 1.03 bits per heavy atom. The van der Waals surface area contributed by atoms with E-state index in [0.29, 0.717) is 27.1 Å². The van der Waals surface area contributed by atoms with Crippen LogP contribution in [0.1, 0.15) is 5.56 Å². The summed E-state index contributed by atoms with van der Waals surface area (Å²) in [6.07, 6.45) is 2.69. The Labute approximate surface area is 198 Å². The summed E-state index contributed by atoms with van der Waals surface area (Å²) in [5, 5.41) is 13.2. The van der Waals surface area contributed by atoms with E-state index in [1.54, 1.807) is 66.7 Å². The summed E-state index contributed by atoms with van der Waals surface area (Å²) >= 11 is 11.8. The summed E-state index contributed by atoms with van der Waals surface area (Å²) in [7, 11) is 0. The van der Waals surface area contributed by atoms with E-state index in [2.05, 4.69) is 10.3 Å². The maximum Gasteiger partial charge on any atom is 0.269 e. The van der Waals surface area contributed by atoms with Crippen molar-refractivity contribution in [1.82, 2.24) is 9.38 Å². The number of carbonyl (C=O) groups is 1. The molecule has 0 saturated heterocycles. The fraction of sp³-hybridized carbons (Fsp3) is 0. The zero-order valence-corrected chi connectivity index (χ0v) is 18.3. The normalized spacial score (nSPS) is 11.1. The molecule has 0 aliphatic rings. The largest absolute Gasteiger partial charge is 0.438 e. The van der Waals surface area contributed by atoms with Crippen LogP contribution in [0.5, 0.6) is 11.6 Å². The molecule has 0 unspecified atom stereocenters. The molecule has 7 nitrogen and oxygen atoms in total. The summed E-state index contributed by atoms with van der Waals surface area (Å²) in [5.74, 6) is -0.374. The van der Waals surface area contributed by atoms with E-state index in [1.807, 2.05) is 6.07 Å². The van der Waals surface area contributed by atoms with E-state index in [4.69, 9.17) is 27.9 Å². The summed E-state index contributed by atoms with van der Waals surface area (Å²) in [4.78, 5) is 30.3. The highest BCUT2D eigenvalue weighted by atomic mass is 35.5. The molecule has 0 spiro atoms. The minimum atomic E-state index is -0.699. The molecule has 4 rings (SSSR count). The van der Waals surface area contributed by atoms with Crippen LogP contribution in [-0.2, 0) is 4.79 Å². The van der Waals surface area contributed by atoms with Gasteiger partial charge >= 0.3 is 0 Å². The van der Waals surface area contributed by atoms with Crippen LogP contribution in [0, 0.1) is 11.3 Å². The van der Waals surface area contributed by atoms with E-state index < -0.39 is 11.5 Å². The van der Waals surface area contributed by atoms with E-state index in [1.165, 1.54) is 10.6 Å². The first-order valence-corrected chi connectivity index (χ1v) is 10.3. The average molecular weight is 477 g/mol. The molecular weight excluding hydrogens is 463 g/mol. The van der Waals surface area contributed by atoms with Crippen LogP contribution in [0.15, 0.2) is 83.3 Å². The van der Waals surface area contributed by atoms with Gasteiger partial charge in [-0.3, -0.25) is 14.0 Å². The first kappa shape index (κ1) is 22.1. The number of amides is 1. The smallest absolute Gasteiger partial charge is 0.269 e. The highest BCUT2D eigenvalue weighted by molar-refractivity contribution is 6.30. The molecule has 2 aromatic carbocycles. The van der Waals surface area contributed by atoms with Crippen LogP contribution < -0.4 is 15.6 Å². The van der Waals surface area contributed by atoms with Gasteiger partial charge in [0.05, 0.1) is 0 Å². The number of benzene rings is 2. The minimum Gasteiger partial charge on any atom is -0.438 e. The van der Waals surface area contributed by atoms with E-state index >= 15 is 0 Å². The van der Waals surface area contributed by atoms with Crippen molar-refractivity contribution in [3.05, 3.63) is 104 Å². The minimum absolute atomic E-state index is 0.0550. The SMILES string of the molecule is N#C/C(=C/c1c(Oc2ccc(Cl)cc2)nc2ccccn2c1=O)C(=O)Nc1ccc(Cl)cc1. The maximum atomic E-state index is 13.2. The van der Waals surface area contributed by atoms with Gasteiger partial charge in [0, 0.05) is 21.9 Å². The number of carbonyl (C=O) groups excluding carboxylic acids is 1. The first-order valence-electron chi connectivity index (χ1n) is 9.58. The van der Waals surface area contributed by atoms with Gasteiger partial charge in [0.1, 0.15) is 28.6 Å². The van der Waals surface area contributed by atoms with Crippen molar-refractivity contribution in [3.8, 4) is 17.7 Å².